The number of ether oxygens (including phenoxy) is 2. The summed E-state index contributed by atoms with van der Waals surface area (Å²) >= 11 is 0. The van der Waals surface area contributed by atoms with Gasteiger partial charge in [-0.15, -0.1) is 0 Å². The third kappa shape index (κ3) is 4.02. The molecule has 1 heterocycles. The molecule has 1 saturated carbocycles. The van der Waals surface area contributed by atoms with Gasteiger partial charge in [0.15, 0.2) is 5.79 Å². The van der Waals surface area contributed by atoms with Crippen molar-refractivity contribution in [1.82, 2.24) is 5.32 Å². The Balaban J connectivity index is 1.60. The van der Waals surface area contributed by atoms with Crippen LogP contribution in [0.3, 0.4) is 0 Å². The van der Waals surface area contributed by atoms with Crippen molar-refractivity contribution >= 4 is 10.8 Å². The third-order valence-corrected chi connectivity index (χ3v) is 4.47. The van der Waals surface area contributed by atoms with Crippen LogP contribution >= 0.6 is 0 Å². The zero-order chi connectivity index (χ0) is 12.1. The average molecular weight is 261 g/mol. The summed E-state index contributed by atoms with van der Waals surface area (Å²) in [7, 11) is -0.659. The van der Waals surface area contributed by atoms with Gasteiger partial charge < -0.3 is 14.8 Å². The molecule has 5 heteroatoms. The van der Waals surface area contributed by atoms with E-state index in [9.17, 15) is 4.21 Å². The minimum Gasteiger partial charge on any atom is -0.348 e. The highest BCUT2D eigenvalue weighted by Gasteiger charge is 2.39. The molecular weight excluding hydrogens is 238 g/mol. The number of nitrogens with one attached hydrogen (secondary N) is 1. The first kappa shape index (κ1) is 13.5. The summed E-state index contributed by atoms with van der Waals surface area (Å²) in [6.07, 6.45) is 7.01. The quantitative estimate of drug-likeness (QED) is 0.751. The predicted molar refractivity (Wildman–Crippen MR) is 68.4 cm³/mol. The van der Waals surface area contributed by atoms with Gasteiger partial charge >= 0.3 is 0 Å². The van der Waals surface area contributed by atoms with Gasteiger partial charge in [0.05, 0.1) is 13.2 Å². The molecule has 0 aromatic heterocycles. The molecule has 0 radical (unpaired) electrons. The van der Waals surface area contributed by atoms with E-state index in [-0.39, 0.29) is 5.79 Å². The topological polar surface area (TPSA) is 47.6 Å². The maximum atomic E-state index is 10.9. The first-order chi connectivity index (χ1) is 8.20. The SMILES string of the molecule is CS(=O)CCCNC1CCC2(CC1)OCCO2. The van der Waals surface area contributed by atoms with Crippen molar-refractivity contribution in [1.29, 1.82) is 0 Å². The molecule has 100 valence electrons. The zero-order valence-electron chi connectivity index (χ0n) is 10.6. The van der Waals surface area contributed by atoms with E-state index in [1.54, 1.807) is 6.26 Å². The fourth-order valence-electron chi connectivity index (χ4n) is 2.63. The molecular formula is C12H23NO3S. The summed E-state index contributed by atoms with van der Waals surface area (Å²) < 4.78 is 22.3. The van der Waals surface area contributed by atoms with Crippen molar-refractivity contribution in [2.75, 3.05) is 31.8 Å². The third-order valence-electron chi connectivity index (χ3n) is 3.60. The van der Waals surface area contributed by atoms with Crippen molar-refractivity contribution in [2.45, 2.75) is 43.9 Å². The first-order valence-electron chi connectivity index (χ1n) is 6.52. The summed E-state index contributed by atoms with van der Waals surface area (Å²) in [4.78, 5) is 0. The predicted octanol–water partition coefficient (Wildman–Crippen LogP) is 1.03. The fourth-order valence-corrected chi connectivity index (χ4v) is 3.18. The summed E-state index contributed by atoms with van der Waals surface area (Å²) in [5.41, 5.74) is 0. The lowest BCUT2D eigenvalue weighted by Gasteiger charge is -2.35. The van der Waals surface area contributed by atoms with Crippen LogP contribution in [0, 0.1) is 0 Å². The molecule has 0 bridgehead atoms. The fraction of sp³-hybridized carbons (Fsp3) is 1.00. The summed E-state index contributed by atoms with van der Waals surface area (Å²) in [5, 5.41) is 3.54. The van der Waals surface area contributed by atoms with E-state index in [1.807, 2.05) is 0 Å². The highest BCUT2D eigenvalue weighted by Crippen LogP contribution is 2.35. The highest BCUT2D eigenvalue weighted by atomic mass is 32.2. The lowest BCUT2D eigenvalue weighted by atomic mass is 9.90. The lowest BCUT2D eigenvalue weighted by molar-refractivity contribution is -0.179. The van der Waals surface area contributed by atoms with E-state index in [2.05, 4.69) is 5.32 Å². The van der Waals surface area contributed by atoms with Crippen LogP contribution in [0.15, 0.2) is 0 Å². The van der Waals surface area contributed by atoms with E-state index in [4.69, 9.17) is 9.47 Å². The van der Waals surface area contributed by atoms with E-state index in [1.165, 1.54) is 0 Å². The number of rotatable bonds is 5. The van der Waals surface area contributed by atoms with Crippen LogP contribution in [0.2, 0.25) is 0 Å². The van der Waals surface area contributed by atoms with E-state index >= 15 is 0 Å². The molecule has 0 aromatic carbocycles. The van der Waals surface area contributed by atoms with Crippen LogP contribution in [0.5, 0.6) is 0 Å². The second-order valence-electron chi connectivity index (χ2n) is 4.97. The van der Waals surface area contributed by atoms with Gasteiger partial charge in [-0.1, -0.05) is 0 Å². The van der Waals surface area contributed by atoms with Crippen LogP contribution in [-0.4, -0.2) is 47.8 Å². The van der Waals surface area contributed by atoms with Crippen LogP contribution < -0.4 is 5.32 Å². The summed E-state index contributed by atoms with van der Waals surface area (Å²) in [6.45, 7) is 2.47. The Morgan fingerprint density at radius 3 is 2.53 bits per heavy atom. The minimum absolute atomic E-state index is 0.247. The van der Waals surface area contributed by atoms with Crippen molar-refractivity contribution in [2.24, 2.45) is 0 Å². The second kappa shape index (κ2) is 6.27. The Morgan fingerprint density at radius 1 is 1.29 bits per heavy atom. The molecule has 1 unspecified atom stereocenters. The maximum Gasteiger partial charge on any atom is 0.168 e. The molecule has 17 heavy (non-hydrogen) atoms. The standard InChI is InChI=1S/C12H23NO3S/c1-17(14)10-2-7-13-11-3-5-12(6-4-11)15-8-9-16-12/h11,13H,2-10H2,1H3. The Hall–Kier alpha value is 0.0300. The van der Waals surface area contributed by atoms with Crippen molar-refractivity contribution in [3.63, 3.8) is 0 Å². The first-order valence-corrected chi connectivity index (χ1v) is 8.24. The van der Waals surface area contributed by atoms with Gasteiger partial charge in [0.25, 0.3) is 0 Å². The molecule has 0 aromatic rings. The molecule has 1 atom stereocenters. The minimum atomic E-state index is -0.659. The van der Waals surface area contributed by atoms with Crippen molar-refractivity contribution < 1.29 is 13.7 Å². The Kier molecular flexibility index (Phi) is 4.97. The van der Waals surface area contributed by atoms with Crippen molar-refractivity contribution in [3.8, 4) is 0 Å². The summed E-state index contributed by atoms with van der Waals surface area (Å²) in [6, 6.07) is 0.582. The monoisotopic (exact) mass is 261 g/mol. The van der Waals surface area contributed by atoms with Gasteiger partial charge in [-0.05, 0) is 25.8 Å². The van der Waals surface area contributed by atoms with Gasteiger partial charge in [0.2, 0.25) is 0 Å². The van der Waals surface area contributed by atoms with Gasteiger partial charge in [-0.3, -0.25) is 4.21 Å². The molecule has 2 aliphatic rings. The van der Waals surface area contributed by atoms with E-state index in [0.717, 1.165) is 57.6 Å². The zero-order valence-corrected chi connectivity index (χ0v) is 11.4. The van der Waals surface area contributed by atoms with Crippen LogP contribution in [0.4, 0.5) is 0 Å². The highest BCUT2D eigenvalue weighted by molar-refractivity contribution is 7.84. The van der Waals surface area contributed by atoms with Crippen molar-refractivity contribution in [3.05, 3.63) is 0 Å². The molecule has 1 aliphatic heterocycles. The molecule has 0 amide bonds. The van der Waals surface area contributed by atoms with E-state index in [0.29, 0.717) is 6.04 Å². The van der Waals surface area contributed by atoms with Crippen LogP contribution in [0.1, 0.15) is 32.1 Å². The van der Waals surface area contributed by atoms with Crippen LogP contribution in [-0.2, 0) is 20.3 Å². The molecule has 1 N–H and O–H groups in total. The van der Waals surface area contributed by atoms with Gasteiger partial charge in [0, 0.05) is 41.7 Å². The average Bonchev–Trinajstić information content (AvgIpc) is 2.75. The maximum absolute atomic E-state index is 10.9. The smallest absolute Gasteiger partial charge is 0.168 e. The number of hydrogen-bond acceptors (Lipinski definition) is 4. The Morgan fingerprint density at radius 2 is 1.94 bits per heavy atom. The Bertz CT molecular complexity index is 256. The molecule has 1 spiro atoms. The second-order valence-corrected chi connectivity index (χ2v) is 6.52. The van der Waals surface area contributed by atoms with Gasteiger partial charge in [0.1, 0.15) is 0 Å². The number of hydrogen-bond donors (Lipinski definition) is 1. The van der Waals surface area contributed by atoms with E-state index < -0.39 is 10.8 Å². The molecule has 2 fully saturated rings. The van der Waals surface area contributed by atoms with Gasteiger partial charge in [-0.25, -0.2) is 0 Å². The summed E-state index contributed by atoms with van der Waals surface area (Å²) in [5.74, 6) is 0.555. The largest absolute Gasteiger partial charge is 0.348 e. The molecule has 2 rings (SSSR count). The molecule has 1 saturated heterocycles. The lowest BCUT2D eigenvalue weighted by Crippen LogP contribution is -2.42. The molecule has 1 aliphatic carbocycles. The molecule has 4 nitrogen and oxygen atoms in total. The van der Waals surface area contributed by atoms with Crippen LogP contribution in [0.25, 0.3) is 0 Å². The Labute approximate surface area is 106 Å². The normalized spacial score (nSPS) is 26.4. The van der Waals surface area contributed by atoms with Gasteiger partial charge in [-0.2, -0.15) is 0 Å².